The Bertz CT molecular complexity index is 283. The van der Waals surface area contributed by atoms with E-state index >= 15 is 0 Å². The molecule has 2 unspecified atom stereocenters. The first-order valence-corrected chi connectivity index (χ1v) is 6.76. The van der Waals surface area contributed by atoms with E-state index in [0.717, 1.165) is 19.4 Å². The van der Waals surface area contributed by atoms with Crippen LogP contribution in [0.1, 0.15) is 62.6 Å². The fourth-order valence-corrected chi connectivity index (χ4v) is 2.67. The number of thiazole rings is 1. The molecule has 1 rings (SSSR count). The molecule has 3 heteroatoms. The first-order chi connectivity index (χ1) is 7.22. The van der Waals surface area contributed by atoms with Crippen LogP contribution in [0.15, 0.2) is 5.38 Å². The minimum atomic E-state index is 0.462. The summed E-state index contributed by atoms with van der Waals surface area (Å²) in [5.41, 5.74) is 6.98. The molecule has 0 saturated heterocycles. The zero-order valence-electron chi connectivity index (χ0n) is 9.99. The van der Waals surface area contributed by atoms with Crippen molar-refractivity contribution in [1.82, 2.24) is 4.98 Å². The molecule has 1 aromatic rings. The zero-order chi connectivity index (χ0) is 11.3. The minimum absolute atomic E-state index is 0.462. The predicted molar refractivity (Wildman–Crippen MR) is 67.5 cm³/mol. The summed E-state index contributed by atoms with van der Waals surface area (Å²) in [6.45, 7) is 7.36. The summed E-state index contributed by atoms with van der Waals surface area (Å²) in [7, 11) is 0. The molecule has 0 aromatic carbocycles. The van der Waals surface area contributed by atoms with Crippen LogP contribution in [-0.2, 0) is 0 Å². The molecule has 0 bridgehead atoms. The van der Waals surface area contributed by atoms with Gasteiger partial charge in [-0.15, -0.1) is 11.3 Å². The maximum Gasteiger partial charge on any atom is 0.0956 e. The van der Waals surface area contributed by atoms with E-state index in [4.69, 9.17) is 10.7 Å². The van der Waals surface area contributed by atoms with Crippen LogP contribution in [0.2, 0.25) is 0 Å². The van der Waals surface area contributed by atoms with Gasteiger partial charge in [0.15, 0.2) is 0 Å². The number of rotatable bonds is 6. The van der Waals surface area contributed by atoms with E-state index in [1.165, 1.54) is 17.1 Å². The summed E-state index contributed by atoms with van der Waals surface area (Å²) < 4.78 is 0. The Labute approximate surface area is 96.9 Å². The number of hydrogen-bond acceptors (Lipinski definition) is 3. The molecule has 2 nitrogen and oxygen atoms in total. The molecule has 1 heterocycles. The average molecular weight is 226 g/mol. The Morgan fingerprint density at radius 2 is 2.20 bits per heavy atom. The van der Waals surface area contributed by atoms with Crippen molar-refractivity contribution in [3.8, 4) is 0 Å². The third kappa shape index (κ3) is 3.28. The number of aromatic nitrogens is 1. The van der Waals surface area contributed by atoms with Crippen LogP contribution in [0.25, 0.3) is 0 Å². The van der Waals surface area contributed by atoms with Crippen molar-refractivity contribution < 1.29 is 0 Å². The third-order valence-electron chi connectivity index (χ3n) is 2.91. The van der Waals surface area contributed by atoms with E-state index in [-0.39, 0.29) is 0 Å². The van der Waals surface area contributed by atoms with Crippen molar-refractivity contribution in [3.63, 3.8) is 0 Å². The van der Waals surface area contributed by atoms with E-state index in [1.807, 2.05) is 0 Å². The van der Waals surface area contributed by atoms with Crippen LogP contribution in [0.5, 0.6) is 0 Å². The van der Waals surface area contributed by atoms with Crippen molar-refractivity contribution in [3.05, 3.63) is 16.1 Å². The van der Waals surface area contributed by atoms with E-state index < -0.39 is 0 Å². The molecule has 0 aliphatic heterocycles. The van der Waals surface area contributed by atoms with Crippen molar-refractivity contribution in [2.45, 2.75) is 51.9 Å². The van der Waals surface area contributed by atoms with Crippen LogP contribution >= 0.6 is 11.3 Å². The number of hydrogen-bond donors (Lipinski definition) is 1. The topological polar surface area (TPSA) is 38.9 Å². The normalized spacial score (nSPS) is 15.2. The molecule has 0 saturated carbocycles. The van der Waals surface area contributed by atoms with Gasteiger partial charge in [-0.3, -0.25) is 0 Å². The Hall–Kier alpha value is -0.410. The van der Waals surface area contributed by atoms with E-state index in [1.54, 1.807) is 11.3 Å². The Morgan fingerprint density at radius 3 is 2.73 bits per heavy atom. The summed E-state index contributed by atoms with van der Waals surface area (Å²) in [6, 6.07) is 0. The maximum absolute atomic E-state index is 5.77. The summed E-state index contributed by atoms with van der Waals surface area (Å²) in [6.07, 6.45) is 3.49. The minimum Gasteiger partial charge on any atom is -0.330 e. The molecule has 2 atom stereocenters. The van der Waals surface area contributed by atoms with Gasteiger partial charge in [-0.25, -0.2) is 4.98 Å². The highest BCUT2D eigenvalue weighted by Gasteiger charge is 2.14. The Balaban J connectivity index is 2.72. The third-order valence-corrected chi connectivity index (χ3v) is 4.01. The van der Waals surface area contributed by atoms with Crippen LogP contribution in [0.3, 0.4) is 0 Å². The van der Waals surface area contributed by atoms with E-state index in [0.29, 0.717) is 11.8 Å². The van der Waals surface area contributed by atoms with E-state index in [2.05, 4.69) is 26.2 Å². The van der Waals surface area contributed by atoms with Crippen LogP contribution < -0.4 is 5.73 Å². The van der Waals surface area contributed by atoms with Gasteiger partial charge in [-0.2, -0.15) is 0 Å². The van der Waals surface area contributed by atoms with Crippen molar-refractivity contribution in [2.24, 2.45) is 5.73 Å². The van der Waals surface area contributed by atoms with Gasteiger partial charge in [0.2, 0.25) is 0 Å². The van der Waals surface area contributed by atoms with E-state index in [9.17, 15) is 0 Å². The lowest BCUT2D eigenvalue weighted by Gasteiger charge is -2.10. The quantitative estimate of drug-likeness (QED) is 0.806. The van der Waals surface area contributed by atoms with Gasteiger partial charge in [-0.05, 0) is 12.8 Å². The largest absolute Gasteiger partial charge is 0.330 e. The second-order valence-electron chi connectivity index (χ2n) is 4.14. The summed E-state index contributed by atoms with van der Waals surface area (Å²) >= 11 is 1.79. The van der Waals surface area contributed by atoms with Crippen molar-refractivity contribution in [2.75, 3.05) is 6.54 Å². The maximum atomic E-state index is 5.77. The van der Waals surface area contributed by atoms with Gasteiger partial charge < -0.3 is 5.73 Å². The van der Waals surface area contributed by atoms with Gasteiger partial charge in [0.05, 0.1) is 10.7 Å². The molecule has 0 radical (unpaired) electrons. The molecule has 1 aromatic heterocycles. The lowest BCUT2D eigenvalue weighted by molar-refractivity contribution is 0.604. The number of nitrogens with two attached hydrogens (primary N) is 1. The molecule has 15 heavy (non-hydrogen) atoms. The van der Waals surface area contributed by atoms with Crippen LogP contribution in [0, 0.1) is 0 Å². The molecule has 0 amide bonds. The lowest BCUT2D eigenvalue weighted by atomic mass is 10.0. The van der Waals surface area contributed by atoms with Gasteiger partial charge in [0.25, 0.3) is 0 Å². The molecule has 2 N–H and O–H groups in total. The SMILES string of the molecule is CCCC(CN)c1csc(C(C)CC)n1. The summed E-state index contributed by atoms with van der Waals surface area (Å²) in [4.78, 5) is 4.71. The molecule has 0 spiro atoms. The van der Waals surface area contributed by atoms with Gasteiger partial charge in [0, 0.05) is 23.8 Å². The fraction of sp³-hybridized carbons (Fsp3) is 0.750. The molecule has 0 aliphatic carbocycles. The van der Waals surface area contributed by atoms with Gasteiger partial charge in [0.1, 0.15) is 0 Å². The monoisotopic (exact) mass is 226 g/mol. The fourth-order valence-electron chi connectivity index (χ4n) is 1.62. The van der Waals surface area contributed by atoms with Gasteiger partial charge in [-0.1, -0.05) is 27.2 Å². The summed E-state index contributed by atoms with van der Waals surface area (Å²) in [5, 5.41) is 3.45. The first kappa shape index (κ1) is 12.7. The first-order valence-electron chi connectivity index (χ1n) is 5.88. The molecule has 0 fully saturated rings. The predicted octanol–water partition coefficient (Wildman–Crippen LogP) is 3.50. The molecular formula is C12H22N2S. The molecular weight excluding hydrogens is 204 g/mol. The Kier molecular flexibility index (Phi) is 5.26. The highest BCUT2D eigenvalue weighted by atomic mass is 32.1. The van der Waals surface area contributed by atoms with Crippen molar-refractivity contribution >= 4 is 11.3 Å². The van der Waals surface area contributed by atoms with Crippen LogP contribution in [0.4, 0.5) is 0 Å². The molecule has 0 aliphatic rings. The standard InChI is InChI=1S/C12H22N2S/c1-4-6-10(7-13)11-8-15-12(14-11)9(3)5-2/h8-10H,4-7,13H2,1-3H3. The zero-order valence-corrected chi connectivity index (χ0v) is 10.8. The average Bonchev–Trinajstić information content (AvgIpc) is 2.73. The second kappa shape index (κ2) is 6.23. The lowest BCUT2D eigenvalue weighted by Crippen LogP contribution is -2.12. The Morgan fingerprint density at radius 1 is 1.47 bits per heavy atom. The smallest absolute Gasteiger partial charge is 0.0956 e. The van der Waals surface area contributed by atoms with Crippen molar-refractivity contribution in [1.29, 1.82) is 0 Å². The van der Waals surface area contributed by atoms with Crippen LogP contribution in [-0.4, -0.2) is 11.5 Å². The molecule has 86 valence electrons. The number of nitrogens with zero attached hydrogens (tertiary/aromatic N) is 1. The van der Waals surface area contributed by atoms with Gasteiger partial charge >= 0.3 is 0 Å². The highest BCUT2D eigenvalue weighted by molar-refractivity contribution is 7.09. The second-order valence-corrected chi connectivity index (χ2v) is 5.03. The summed E-state index contributed by atoms with van der Waals surface area (Å²) in [5.74, 6) is 1.05. The highest BCUT2D eigenvalue weighted by Crippen LogP contribution is 2.27.